The highest BCUT2D eigenvalue weighted by molar-refractivity contribution is 8.25. The molecule has 1 unspecified atom stereocenters. The number of hydrogen-bond donors (Lipinski definition) is 3. The smallest absolute Gasteiger partial charge is 0.304 e. The van der Waals surface area contributed by atoms with Crippen LogP contribution in [0.1, 0.15) is 42.9 Å². The zero-order valence-electron chi connectivity index (χ0n) is 23.3. The van der Waals surface area contributed by atoms with Crippen LogP contribution in [0.4, 0.5) is 0 Å². The summed E-state index contributed by atoms with van der Waals surface area (Å²) in [6, 6.07) is 20.0. The van der Waals surface area contributed by atoms with Crippen molar-refractivity contribution < 1.29 is 28.5 Å². The summed E-state index contributed by atoms with van der Waals surface area (Å²) in [6.07, 6.45) is -0.0229. The summed E-state index contributed by atoms with van der Waals surface area (Å²) in [5.41, 5.74) is 5.06. The van der Waals surface area contributed by atoms with Crippen molar-refractivity contribution in [2.45, 2.75) is 39.7 Å². The Morgan fingerprint density at radius 1 is 1.02 bits per heavy atom. The molecule has 1 saturated heterocycles. The molecular weight excluding hydrogens is 556 g/mol. The third kappa shape index (κ3) is 6.88. The fraction of sp³-hybridized carbons (Fsp3) is 0.303. The first-order valence-electron chi connectivity index (χ1n) is 13.4. The van der Waals surface area contributed by atoms with E-state index in [-0.39, 0.29) is 17.8 Å². The van der Waals surface area contributed by atoms with Gasteiger partial charge in [-0.2, -0.15) is 10.6 Å². The van der Waals surface area contributed by atoms with Crippen LogP contribution in [0.3, 0.4) is 0 Å². The van der Waals surface area contributed by atoms with Gasteiger partial charge in [-0.15, -0.1) is 17.3 Å². The van der Waals surface area contributed by atoms with Crippen LogP contribution in [-0.2, 0) is 11.4 Å². The number of benzene rings is 3. The first kappa shape index (κ1) is 29.0. The molecule has 0 amide bonds. The zero-order valence-corrected chi connectivity index (χ0v) is 25.0. The van der Waals surface area contributed by atoms with Gasteiger partial charge >= 0.3 is 5.97 Å². The average molecular weight is 591 g/mol. The third-order valence-electron chi connectivity index (χ3n) is 7.26. The van der Waals surface area contributed by atoms with E-state index in [0.29, 0.717) is 24.7 Å². The lowest BCUT2D eigenvalue weighted by Crippen LogP contribution is -2.47. The van der Waals surface area contributed by atoms with E-state index in [4.69, 9.17) is 9.47 Å². The lowest BCUT2D eigenvalue weighted by molar-refractivity contribution is -0.137. The van der Waals surface area contributed by atoms with Crippen molar-refractivity contribution in [2.75, 3.05) is 18.1 Å². The molecule has 0 bridgehead atoms. The molecule has 1 fully saturated rings. The van der Waals surface area contributed by atoms with Gasteiger partial charge in [0.1, 0.15) is 18.1 Å². The van der Waals surface area contributed by atoms with Gasteiger partial charge in [-0.3, -0.25) is 13.9 Å². The quantitative estimate of drug-likeness (QED) is 0.161. The fourth-order valence-electron chi connectivity index (χ4n) is 5.36. The summed E-state index contributed by atoms with van der Waals surface area (Å²) < 4.78 is 32.9. The molecule has 3 aromatic carbocycles. The molecule has 8 heteroatoms. The number of hydrogen-bond acceptors (Lipinski definition) is 6. The molecule has 214 valence electrons. The Morgan fingerprint density at radius 2 is 1.73 bits per heavy atom. The predicted molar refractivity (Wildman–Crippen MR) is 167 cm³/mol. The number of aliphatic carboxylic acids is 1. The van der Waals surface area contributed by atoms with Gasteiger partial charge in [0.2, 0.25) is 0 Å². The van der Waals surface area contributed by atoms with E-state index in [1.165, 1.54) is 4.70 Å². The van der Waals surface area contributed by atoms with Crippen molar-refractivity contribution in [3.63, 3.8) is 0 Å². The van der Waals surface area contributed by atoms with Crippen molar-refractivity contribution in [3.8, 4) is 34.5 Å². The number of carboxylic acid groups (broad SMARTS) is 1. The summed E-state index contributed by atoms with van der Waals surface area (Å²) in [7, 11) is -2.40. The fourth-order valence-corrected chi connectivity index (χ4v) is 8.62. The van der Waals surface area contributed by atoms with Crippen LogP contribution in [0.25, 0.3) is 21.2 Å². The number of carboxylic acids is 1. The number of aryl methyl sites for hydroxylation is 1. The molecule has 5 rings (SSSR count). The molecule has 0 saturated carbocycles. The van der Waals surface area contributed by atoms with E-state index >= 15 is 0 Å². The third-order valence-corrected chi connectivity index (χ3v) is 10.5. The molecule has 0 spiro atoms. The molecule has 41 heavy (non-hydrogen) atoms. The van der Waals surface area contributed by atoms with Crippen LogP contribution >= 0.6 is 21.9 Å². The maximum absolute atomic E-state index is 11.2. The van der Waals surface area contributed by atoms with Crippen LogP contribution in [0.5, 0.6) is 11.5 Å². The highest BCUT2D eigenvalue weighted by Gasteiger charge is 2.45. The van der Waals surface area contributed by atoms with Gasteiger partial charge in [0.05, 0.1) is 18.9 Å². The van der Waals surface area contributed by atoms with E-state index in [1.807, 2.05) is 49.4 Å². The van der Waals surface area contributed by atoms with Crippen LogP contribution in [-0.4, -0.2) is 38.3 Å². The van der Waals surface area contributed by atoms with E-state index < -0.39 is 16.6 Å². The van der Waals surface area contributed by atoms with Gasteiger partial charge in [-0.25, -0.2) is 0 Å². The largest absolute Gasteiger partial charge is 0.493 e. The number of thiophene rings is 1. The van der Waals surface area contributed by atoms with Crippen molar-refractivity contribution in [3.05, 3.63) is 82.7 Å². The molecule has 3 N–H and O–H groups in total. The van der Waals surface area contributed by atoms with Crippen molar-refractivity contribution >= 4 is 38.0 Å². The summed E-state index contributed by atoms with van der Waals surface area (Å²) in [6.45, 7) is 6.68. The number of carbonyl (C=O) groups is 1. The minimum Gasteiger partial charge on any atom is -0.493 e. The van der Waals surface area contributed by atoms with Crippen LogP contribution in [0.2, 0.25) is 0 Å². The maximum Gasteiger partial charge on any atom is 0.304 e. The normalized spacial score (nSPS) is 16.6. The van der Waals surface area contributed by atoms with Gasteiger partial charge in [0.25, 0.3) is 0 Å². The highest BCUT2D eigenvalue weighted by atomic mass is 32.3. The van der Waals surface area contributed by atoms with Crippen molar-refractivity contribution in [1.29, 1.82) is 0 Å². The van der Waals surface area contributed by atoms with Gasteiger partial charge in [0.15, 0.2) is 0 Å². The Morgan fingerprint density at radius 3 is 2.39 bits per heavy atom. The Kier molecular flexibility index (Phi) is 8.35. The molecule has 1 aliphatic heterocycles. The molecule has 2 heterocycles. The number of ether oxygens (including phenoxy) is 2. The van der Waals surface area contributed by atoms with Gasteiger partial charge in [0, 0.05) is 32.6 Å². The van der Waals surface area contributed by atoms with Crippen molar-refractivity contribution in [1.82, 2.24) is 0 Å². The zero-order chi connectivity index (χ0) is 29.2. The summed E-state index contributed by atoms with van der Waals surface area (Å²) in [5, 5.41) is 12.5. The summed E-state index contributed by atoms with van der Waals surface area (Å²) in [5.74, 6) is 6.97. The Labute approximate surface area is 246 Å². The second kappa shape index (κ2) is 11.8. The summed E-state index contributed by atoms with van der Waals surface area (Å²) in [4.78, 5) is 11.2. The molecular formula is C33H34O6S2. The summed E-state index contributed by atoms with van der Waals surface area (Å²) >= 11 is 1.70. The molecule has 1 aliphatic rings. The number of fused-ring (bicyclic) bond motifs is 1. The molecule has 0 aliphatic carbocycles. The molecule has 6 nitrogen and oxygen atoms in total. The second-order valence-corrected chi connectivity index (χ2v) is 14.1. The van der Waals surface area contributed by atoms with Gasteiger partial charge in [-0.1, -0.05) is 43.2 Å². The molecule has 4 aromatic rings. The first-order chi connectivity index (χ1) is 19.5. The minimum absolute atomic E-state index is 0.0229. The van der Waals surface area contributed by atoms with Crippen LogP contribution in [0.15, 0.2) is 66.0 Å². The molecule has 1 atom stereocenters. The molecule has 0 radical (unpaired) electrons. The predicted octanol–water partition coefficient (Wildman–Crippen LogP) is 8.19. The monoisotopic (exact) mass is 590 g/mol. The standard InChI is InChI=1S/C33H34O6S2/c1-4-5-25(15-32(34)35)24-8-6-23(7-9-24)17-38-27-11-13-31-29(16-27)30(18-40-31)28-12-10-26(14-22(28)2)39-19-33(3)20-41(36,37)21-33/h6-14,16,18,25,36-37H,15,17,19-21H2,1-3H3,(H,34,35). The minimum atomic E-state index is -2.40. The second-order valence-electron chi connectivity index (χ2n) is 11.0. The Bertz CT molecular complexity index is 1620. The van der Waals surface area contributed by atoms with Crippen LogP contribution < -0.4 is 9.47 Å². The lowest BCUT2D eigenvalue weighted by atomic mass is 9.95. The lowest BCUT2D eigenvalue weighted by Gasteiger charge is -2.53. The maximum atomic E-state index is 11.2. The first-order valence-corrected chi connectivity index (χ1v) is 16.1. The van der Waals surface area contributed by atoms with Crippen molar-refractivity contribution in [2.24, 2.45) is 5.41 Å². The average Bonchev–Trinajstić information content (AvgIpc) is 3.32. The number of rotatable bonds is 10. The van der Waals surface area contributed by atoms with E-state index in [2.05, 4.69) is 42.3 Å². The van der Waals surface area contributed by atoms with Crippen LogP contribution in [0, 0.1) is 24.2 Å². The Hall–Kier alpha value is -3.48. The SMILES string of the molecule is CC#CC(CC(=O)O)c1ccc(COc2ccc3scc(-c4ccc(OCC5(C)CS(O)(O)C5)cc4C)c3c2)cc1. The topological polar surface area (TPSA) is 96.2 Å². The van der Waals surface area contributed by atoms with E-state index in [9.17, 15) is 19.0 Å². The van der Waals surface area contributed by atoms with E-state index in [1.54, 1.807) is 18.3 Å². The Balaban J connectivity index is 1.26. The van der Waals surface area contributed by atoms with Gasteiger partial charge in [-0.05, 0) is 71.8 Å². The van der Waals surface area contributed by atoms with Gasteiger partial charge < -0.3 is 14.6 Å². The van der Waals surface area contributed by atoms with E-state index in [0.717, 1.165) is 44.7 Å². The molecule has 1 aromatic heterocycles. The highest BCUT2D eigenvalue weighted by Crippen LogP contribution is 2.58.